The lowest BCUT2D eigenvalue weighted by Gasteiger charge is -2.38. The van der Waals surface area contributed by atoms with Crippen LogP contribution in [0.4, 0.5) is 0 Å². The van der Waals surface area contributed by atoms with Crippen LogP contribution in [0.3, 0.4) is 0 Å². The van der Waals surface area contributed by atoms with Crippen LogP contribution < -0.4 is 0 Å². The van der Waals surface area contributed by atoms with E-state index in [9.17, 15) is 9.59 Å². The molecule has 1 aliphatic heterocycles. The number of carbonyl (C=O) groups excluding carboxylic acids is 2. The van der Waals surface area contributed by atoms with E-state index >= 15 is 0 Å². The van der Waals surface area contributed by atoms with Gasteiger partial charge in [-0.25, -0.2) is 0 Å². The van der Waals surface area contributed by atoms with Gasteiger partial charge in [0.25, 0.3) is 5.91 Å². The average molecular weight is 382 g/mol. The number of aromatic nitrogens is 2. The highest BCUT2D eigenvalue weighted by Crippen LogP contribution is 2.41. The SMILES string of the molecule is C=CC(=O)N(Cc1cn(C)nc1C1CC1)C1CCN(C(=O)c2ccoc2)CC1. The number of rotatable bonds is 6. The second-order valence-electron chi connectivity index (χ2n) is 7.69. The van der Waals surface area contributed by atoms with E-state index in [1.165, 1.54) is 31.4 Å². The molecule has 2 aliphatic rings. The van der Waals surface area contributed by atoms with Gasteiger partial charge in [0.15, 0.2) is 0 Å². The molecule has 4 rings (SSSR count). The molecule has 2 amide bonds. The number of carbonyl (C=O) groups is 2. The second-order valence-corrected chi connectivity index (χ2v) is 7.69. The standard InChI is InChI=1S/C21H26N4O3/c1-3-19(26)25(13-17-12-23(2)22-20(17)15-4-5-15)18-6-9-24(10-7-18)21(27)16-8-11-28-14-16/h3,8,11-12,14-15,18H,1,4-7,9-10,13H2,2H3. The first-order valence-electron chi connectivity index (χ1n) is 9.83. The lowest BCUT2D eigenvalue weighted by Crippen LogP contribution is -2.48. The Kier molecular flexibility index (Phi) is 5.07. The van der Waals surface area contributed by atoms with E-state index in [0.29, 0.717) is 31.1 Å². The van der Waals surface area contributed by atoms with Crippen molar-refractivity contribution >= 4 is 11.8 Å². The fourth-order valence-electron chi connectivity index (χ4n) is 4.01. The van der Waals surface area contributed by atoms with Crippen LogP contribution in [0.15, 0.2) is 41.9 Å². The molecule has 3 heterocycles. The van der Waals surface area contributed by atoms with E-state index < -0.39 is 0 Å². The molecule has 1 saturated carbocycles. The van der Waals surface area contributed by atoms with Crippen LogP contribution in [0.25, 0.3) is 0 Å². The molecule has 7 nitrogen and oxygen atoms in total. The maximum atomic E-state index is 12.6. The number of hydrogen-bond donors (Lipinski definition) is 0. The van der Waals surface area contributed by atoms with Crippen LogP contribution in [0.5, 0.6) is 0 Å². The van der Waals surface area contributed by atoms with Crippen LogP contribution in [-0.2, 0) is 18.4 Å². The Morgan fingerprint density at radius 1 is 1.32 bits per heavy atom. The third-order valence-corrected chi connectivity index (χ3v) is 5.66. The largest absolute Gasteiger partial charge is 0.472 e. The summed E-state index contributed by atoms with van der Waals surface area (Å²) in [5, 5.41) is 4.61. The summed E-state index contributed by atoms with van der Waals surface area (Å²) < 4.78 is 6.86. The normalized spacial score (nSPS) is 17.5. The quantitative estimate of drug-likeness (QED) is 0.720. The maximum Gasteiger partial charge on any atom is 0.257 e. The van der Waals surface area contributed by atoms with Crippen molar-refractivity contribution in [2.75, 3.05) is 13.1 Å². The van der Waals surface area contributed by atoms with Gasteiger partial charge in [-0.3, -0.25) is 14.3 Å². The molecular formula is C21H26N4O3. The van der Waals surface area contributed by atoms with Gasteiger partial charge in [0.2, 0.25) is 5.91 Å². The van der Waals surface area contributed by atoms with Crippen LogP contribution in [-0.4, -0.2) is 50.5 Å². The fourth-order valence-corrected chi connectivity index (χ4v) is 4.01. The number of hydrogen-bond acceptors (Lipinski definition) is 4. The minimum absolute atomic E-state index is 0.0166. The minimum Gasteiger partial charge on any atom is -0.472 e. The van der Waals surface area contributed by atoms with E-state index in [4.69, 9.17) is 4.42 Å². The zero-order valence-corrected chi connectivity index (χ0v) is 16.2. The second kappa shape index (κ2) is 7.66. The maximum absolute atomic E-state index is 12.6. The zero-order valence-electron chi connectivity index (χ0n) is 16.2. The number of piperidine rings is 1. The van der Waals surface area contributed by atoms with Crippen molar-refractivity contribution in [1.29, 1.82) is 0 Å². The third kappa shape index (κ3) is 3.74. The Hall–Kier alpha value is -2.83. The lowest BCUT2D eigenvalue weighted by molar-refractivity contribution is -0.129. The lowest BCUT2D eigenvalue weighted by atomic mass is 10.0. The third-order valence-electron chi connectivity index (χ3n) is 5.66. The van der Waals surface area contributed by atoms with Crippen molar-refractivity contribution in [1.82, 2.24) is 19.6 Å². The number of likely N-dealkylation sites (tertiary alicyclic amines) is 1. The van der Waals surface area contributed by atoms with Gasteiger partial charge in [0.1, 0.15) is 6.26 Å². The van der Waals surface area contributed by atoms with Gasteiger partial charge >= 0.3 is 0 Å². The first-order valence-corrected chi connectivity index (χ1v) is 9.83. The minimum atomic E-state index is -0.0646. The molecule has 28 heavy (non-hydrogen) atoms. The molecule has 0 spiro atoms. The summed E-state index contributed by atoms with van der Waals surface area (Å²) in [5.74, 6) is 0.452. The highest BCUT2D eigenvalue weighted by Gasteiger charge is 2.33. The molecule has 1 saturated heterocycles. The van der Waals surface area contributed by atoms with Crippen molar-refractivity contribution in [2.24, 2.45) is 7.05 Å². The smallest absolute Gasteiger partial charge is 0.257 e. The molecule has 2 aromatic rings. The predicted octanol–water partition coefficient (Wildman–Crippen LogP) is 2.71. The molecule has 0 N–H and O–H groups in total. The van der Waals surface area contributed by atoms with Crippen molar-refractivity contribution in [3.05, 3.63) is 54.3 Å². The van der Waals surface area contributed by atoms with Gasteiger partial charge in [0.05, 0.1) is 17.5 Å². The molecule has 2 fully saturated rings. The van der Waals surface area contributed by atoms with Crippen LogP contribution in [0.2, 0.25) is 0 Å². The van der Waals surface area contributed by atoms with Gasteiger partial charge in [-0.2, -0.15) is 5.10 Å². The summed E-state index contributed by atoms with van der Waals surface area (Å²) in [4.78, 5) is 28.8. The van der Waals surface area contributed by atoms with Gasteiger partial charge < -0.3 is 14.2 Å². The first kappa shape index (κ1) is 18.5. The van der Waals surface area contributed by atoms with Gasteiger partial charge in [-0.15, -0.1) is 0 Å². The van der Waals surface area contributed by atoms with E-state index in [2.05, 4.69) is 11.7 Å². The summed E-state index contributed by atoms with van der Waals surface area (Å²) in [6.07, 6.45) is 10.2. The number of furan rings is 1. The Morgan fingerprint density at radius 3 is 2.68 bits per heavy atom. The predicted molar refractivity (Wildman–Crippen MR) is 104 cm³/mol. The van der Waals surface area contributed by atoms with Crippen molar-refractivity contribution < 1.29 is 14.0 Å². The molecule has 0 bridgehead atoms. The summed E-state index contributed by atoms with van der Waals surface area (Å²) in [6, 6.07) is 1.77. The van der Waals surface area contributed by atoms with Crippen LogP contribution in [0, 0.1) is 0 Å². The van der Waals surface area contributed by atoms with Gasteiger partial charge in [-0.05, 0) is 37.8 Å². The Morgan fingerprint density at radius 2 is 2.07 bits per heavy atom. The summed E-state index contributed by atoms with van der Waals surface area (Å²) in [5.41, 5.74) is 2.82. The number of amides is 2. The Balaban J connectivity index is 1.45. The zero-order chi connectivity index (χ0) is 19.7. The summed E-state index contributed by atoms with van der Waals surface area (Å²) in [6.45, 7) is 5.48. The average Bonchev–Trinajstić information content (AvgIpc) is 3.27. The molecule has 0 atom stereocenters. The first-order chi connectivity index (χ1) is 13.6. The molecule has 0 radical (unpaired) electrons. The molecule has 0 unspecified atom stereocenters. The van der Waals surface area contributed by atoms with Crippen molar-refractivity contribution in [2.45, 2.75) is 44.2 Å². The fraction of sp³-hybridized carbons (Fsp3) is 0.476. The van der Waals surface area contributed by atoms with E-state index in [0.717, 1.165) is 24.1 Å². The van der Waals surface area contributed by atoms with Crippen LogP contribution >= 0.6 is 0 Å². The van der Waals surface area contributed by atoms with E-state index in [1.54, 1.807) is 6.07 Å². The monoisotopic (exact) mass is 382 g/mol. The summed E-state index contributed by atoms with van der Waals surface area (Å²) >= 11 is 0. The Bertz CT molecular complexity index is 858. The van der Waals surface area contributed by atoms with E-state index in [1.807, 2.05) is 27.7 Å². The topological polar surface area (TPSA) is 71.6 Å². The Labute approximate surface area is 164 Å². The molecule has 2 aromatic heterocycles. The van der Waals surface area contributed by atoms with Gasteiger partial charge in [0, 0.05) is 50.4 Å². The molecule has 148 valence electrons. The molecule has 7 heteroatoms. The van der Waals surface area contributed by atoms with Crippen molar-refractivity contribution in [3.8, 4) is 0 Å². The van der Waals surface area contributed by atoms with E-state index in [-0.39, 0.29) is 17.9 Å². The molecular weight excluding hydrogens is 356 g/mol. The van der Waals surface area contributed by atoms with Crippen molar-refractivity contribution in [3.63, 3.8) is 0 Å². The summed E-state index contributed by atoms with van der Waals surface area (Å²) in [7, 11) is 1.93. The molecule has 1 aliphatic carbocycles. The highest BCUT2D eigenvalue weighted by molar-refractivity contribution is 5.94. The molecule has 0 aromatic carbocycles. The highest BCUT2D eigenvalue weighted by atomic mass is 16.3. The van der Waals surface area contributed by atoms with Gasteiger partial charge in [-0.1, -0.05) is 6.58 Å². The number of aryl methyl sites for hydroxylation is 1. The number of nitrogens with zero attached hydrogens (tertiary/aromatic N) is 4. The van der Waals surface area contributed by atoms with Crippen LogP contribution in [0.1, 0.15) is 53.2 Å².